The fraction of sp³-hybridized carbons (Fsp3) is 0.417. The Morgan fingerprint density at radius 1 is 1.38 bits per heavy atom. The van der Waals surface area contributed by atoms with Gasteiger partial charge in [-0.2, -0.15) is 0 Å². The molecule has 0 aliphatic carbocycles. The van der Waals surface area contributed by atoms with Crippen molar-refractivity contribution in [3.05, 3.63) is 29.8 Å². The van der Waals surface area contributed by atoms with Crippen LogP contribution in [-0.2, 0) is 4.74 Å². The Balaban J connectivity index is 2.27. The highest BCUT2D eigenvalue weighted by molar-refractivity contribution is 5.94. The van der Waals surface area contributed by atoms with Crippen molar-refractivity contribution in [3.8, 4) is 5.75 Å². The molecule has 0 saturated heterocycles. The van der Waals surface area contributed by atoms with Crippen molar-refractivity contribution >= 4 is 5.91 Å². The van der Waals surface area contributed by atoms with Gasteiger partial charge in [-0.15, -0.1) is 0 Å². The molecule has 0 heterocycles. The molecule has 1 amide bonds. The third-order valence-electron chi connectivity index (χ3n) is 2.08. The number of ether oxygens (including phenoxy) is 1. The highest BCUT2D eigenvalue weighted by Crippen LogP contribution is 2.09. The summed E-state index contributed by atoms with van der Waals surface area (Å²) < 4.78 is 5.15. The molecule has 0 atom stereocenters. The number of nitrogens with one attached hydrogen (secondary N) is 1. The van der Waals surface area contributed by atoms with E-state index < -0.39 is 0 Å². The fourth-order valence-corrected chi connectivity index (χ4v) is 1.24. The van der Waals surface area contributed by atoms with Gasteiger partial charge >= 0.3 is 0 Å². The van der Waals surface area contributed by atoms with Crippen molar-refractivity contribution in [1.82, 2.24) is 5.32 Å². The van der Waals surface area contributed by atoms with Gasteiger partial charge in [0.25, 0.3) is 5.91 Å². The molecule has 0 aliphatic heterocycles. The molecule has 0 spiro atoms. The van der Waals surface area contributed by atoms with Crippen molar-refractivity contribution in [2.75, 3.05) is 19.8 Å². The smallest absolute Gasteiger partial charge is 0.251 e. The molecule has 4 nitrogen and oxygen atoms in total. The summed E-state index contributed by atoms with van der Waals surface area (Å²) in [4.78, 5) is 11.6. The first kappa shape index (κ1) is 12.5. The third kappa shape index (κ3) is 4.31. The van der Waals surface area contributed by atoms with Crippen LogP contribution in [0.15, 0.2) is 24.3 Å². The zero-order chi connectivity index (χ0) is 11.8. The maximum absolute atomic E-state index is 11.6. The summed E-state index contributed by atoms with van der Waals surface area (Å²) in [7, 11) is 0. The van der Waals surface area contributed by atoms with E-state index in [-0.39, 0.29) is 11.7 Å². The minimum atomic E-state index is -0.128. The van der Waals surface area contributed by atoms with Gasteiger partial charge in [0.1, 0.15) is 5.75 Å². The third-order valence-corrected chi connectivity index (χ3v) is 2.08. The SMILES string of the molecule is CCOCCCNC(=O)c1ccc(O)cc1. The van der Waals surface area contributed by atoms with Crippen molar-refractivity contribution in [1.29, 1.82) is 0 Å². The number of carbonyl (C=O) groups excluding carboxylic acids is 1. The minimum absolute atomic E-state index is 0.128. The molecule has 0 radical (unpaired) electrons. The molecule has 1 aromatic rings. The van der Waals surface area contributed by atoms with Crippen LogP contribution in [0.1, 0.15) is 23.7 Å². The Labute approximate surface area is 95.2 Å². The lowest BCUT2D eigenvalue weighted by molar-refractivity contribution is 0.0944. The van der Waals surface area contributed by atoms with E-state index in [9.17, 15) is 4.79 Å². The molecule has 0 unspecified atom stereocenters. The van der Waals surface area contributed by atoms with E-state index in [0.29, 0.717) is 25.3 Å². The molecule has 0 fully saturated rings. The number of phenolic OH excluding ortho intramolecular Hbond substituents is 1. The Kier molecular flexibility index (Phi) is 5.36. The molecule has 0 aromatic heterocycles. The molecular formula is C12H17NO3. The van der Waals surface area contributed by atoms with Gasteiger partial charge < -0.3 is 15.2 Å². The quantitative estimate of drug-likeness (QED) is 0.719. The van der Waals surface area contributed by atoms with Crippen molar-refractivity contribution in [2.24, 2.45) is 0 Å². The molecule has 2 N–H and O–H groups in total. The molecule has 0 saturated carbocycles. The van der Waals surface area contributed by atoms with Crippen LogP contribution in [0.4, 0.5) is 0 Å². The van der Waals surface area contributed by atoms with Crippen LogP contribution in [-0.4, -0.2) is 30.8 Å². The lowest BCUT2D eigenvalue weighted by Gasteiger charge is -2.05. The number of hydrogen-bond donors (Lipinski definition) is 2. The topological polar surface area (TPSA) is 58.6 Å². The summed E-state index contributed by atoms with van der Waals surface area (Å²) in [5.74, 6) is 0.0318. The number of phenols is 1. The highest BCUT2D eigenvalue weighted by atomic mass is 16.5. The monoisotopic (exact) mass is 223 g/mol. The predicted molar refractivity (Wildman–Crippen MR) is 61.6 cm³/mol. The van der Waals surface area contributed by atoms with Crippen LogP contribution in [0.2, 0.25) is 0 Å². The predicted octanol–water partition coefficient (Wildman–Crippen LogP) is 1.55. The lowest BCUT2D eigenvalue weighted by Crippen LogP contribution is -2.25. The van der Waals surface area contributed by atoms with E-state index in [1.165, 1.54) is 12.1 Å². The van der Waals surface area contributed by atoms with Gasteiger partial charge in [-0.1, -0.05) is 0 Å². The second-order valence-electron chi connectivity index (χ2n) is 3.35. The fourth-order valence-electron chi connectivity index (χ4n) is 1.24. The number of amides is 1. The average molecular weight is 223 g/mol. The van der Waals surface area contributed by atoms with Crippen LogP contribution in [0.25, 0.3) is 0 Å². The molecule has 1 rings (SSSR count). The summed E-state index contributed by atoms with van der Waals surface area (Å²) in [5.41, 5.74) is 0.550. The van der Waals surface area contributed by atoms with Gasteiger partial charge in [-0.3, -0.25) is 4.79 Å². The van der Waals surface area contributed by atoms with E-state index in [2.05, 4.69) is 5.32 Å². The first-order chi connectivity index (χ1) is 7.74. The zero-order valence-corrected chi connectivity index (χ0v) is 9.40. The number of carbonyl (C=O) groups is 1. The van der Waals surface area contributed by atoms with Gasteiger partial charge in [0, 0.05) is 25.3 Å². The van der Waals surface area contributed by atoms with Gasteiger partial charge in [0.15, 0.2) is 0 Å². The molecule has 4 heteroatoms. The van der Waals surface area contributed by atoms with E-state index in [1.807, 2.05) is 6.92 Å². The van der Waals surface area contributed by atoms with Crippen LogP contribution in [0, 0.1) is 0 Å². The maximum atomic E-state index is 11.6. The van der Waals surface area contributed by atoms with Gasteiger partial charge in [-0.05, 0) is 37.6 Å². The highest BCUT2D eigenvalue weighted by Gasteiger charge is 2.03. The Bertz CT molecular complexity index is 322. The first-order valence-corrected chi connectivity index (χ1v) is 5.39. The van der Waals surface area contributed by atoms with Crippen LogP contribution in [0.3, 0.4) is 0 Å². The first-order valence-electron chi connectivity index (χ1n) is 5.39. The molecule has 0 aliphatic rings. The van der Waals surface area contributed by atoms with Gasteiger partial charge in [-0.25, -0.2) is 0 Å². The summed E-state index contributed by atoms with van der Waals surface area (Å²) in [5, 5.41) is 11.8. The molecule has 1 aromatic carbocycles. The zero-order valence-electron chi connectivity index (χ0n) is 9.40. The van der Waals surface area contributed by atoms with E-state index in [4.69, 9.17) is 9.84 Å². The summed E-state index contributed by atoms with van der Waals surface area (Å²) >= 11 is 0. The Hall–Kier alpha value is -1.55. The molecule has 88 valence electrons. The summed E-state index contributed by atoms with van der Waals surface area (Å²) in [6.45, 7) is 3.90. The molecule has 16 heavy (non-hydrogen) atoms. The van der Waals surface area contributed by atoms with Crippen LogP contribution >= 0.6 is 0 Å². The number of hydrogen-bond acceptors (Lipinski definition) is 3. The summed E-state index contributed by atoms with van der Waals surface area (Å²) in [6, 6.07) is 6.17. The minimum Gasteiger partial charge on any atom is -0.508 e. The van der Waals surface area contributed by atoms with Crippen molar-refractivity contribution in [2.45, 2.75) is 13.3 Å². The summed E-state index contributed by atoms with van der Waals surface area (Å²) in [6.07, 6.45) is 0.803. The number of benzene rings is 1. The van der Waals surface area contributed by atoms with Crippen LogP contribution in [0.5, 0.6) is 5.75 Å². The molecule has 0 bridgehead atoms. The standard InChI is InChI=1S/C12H17NO3/c1-2-16-9-3-8-13-12(15)10-4-6-11(14)7-5-10/h4-7,14H,2-3,8-9H2,1H3,(H,13,15). The van der Waals surface area contributed by atoms with Crippen molar-refractivity contribution in [3.63, 3.8) is 0 Å². The van der Waals surface area contributed by atoms with E-state index in [0.717, 1.165) is 6.42 Å². The second kappa shape index (κ2) is 6.85. The largest absolute Gasteiger partial charge is 0.508 e. The van der Waals surface area contributed by atoms with Crippen molar-refractivity contribution < 1.29 is 14.6 Å². The average Bonchev–Trinajstić information content (AvgIpc) is 2.29. The number of rotatable bonds is 6. The Morgan fingerprint density at radius 2 is 2.06 bits per heavy atom. The van der Waals surface area contributed by atoms with Gasteiger partial charge in [0.2, 0.25) is 0 Å². The normalized spacial score (nSPS) is 10.1. The maximum Gasteiger partial charge on any atom is 0.251 e. The van der Waals surface area contributed by atoms with Gasteiger partial charge in [0.05, 0.1) is 0 Å². The lowest BCUT2D eigenvalue weighted by atomic mass is 10.2. The molecular weight excluding hydrogens is 206 g/mol. The van der Waals surface area contributed by atoms with E-state index >= 15 is 0 Å². The van der Waals surface area contributed by atoms with E-state index in [1.54, 1.807) is 12.1 Å². The number of aromatic hydroxyl groups is 1. The Morgan fingerprint density at radius 3 is 2.69 bits per heavy atom. The second-order valence-corrected chi connectivity index (χ2v) is 3.35. The van der Waals surface area contributed by atoms with Crippen LogP contribution < -0.4 is 5.32 Å².